The molecule has 0 aliphatic rings. The molecule has 1 atom stereocenters. The normalized spacial score (nSPS) is 11.8. The van der Waals surface area contributed by atoms with Crippen molar-refractivity contribution < 1.29 is 9.90 Å². The summed E-state index contributed by atoms with van der Waals surface area (Å²) in [7, 11) is 0. The van der Waals surface area contributed by atoms with E-state index in [1.807, 2.05) is 0 Å². The van der Waals surface area contributed by atoms with Crippen LogP contribution in [-0.4, -0.2) is 36.2 Å². The molecule has 0 aliphatic heterocycles. The van der Waals surface area contributed by atoms with Crippen molar-refractivity contribution in [3.8, 4) is 0 Å². The maximum absolute atomic E-state index is 10.8. The van der Waals surface area contributed by atoms with Crippen molar-refractivity contribution in [2.75, 3.05) is 13.1 Å². The number of aliphatic carboxylic acids is 1. The SMILES string of the molecule is C=CCNC(CCCCNC(=N)N)C(=O)O. The number of nitrogens with one attached hydrogen (secondary N) is 3. The third-order valence-electron chi connectivity index (χ3n) is 2.04. The van der Waals surface area contributed by atoms with Crippen LogP contribution in [0, 0.1) is 5.41 Å². The molecule has 0 saturated carbocycles. The molecular formula is C10H20N4O2. The fraction of sp³-hybridized carbons (Fsp3) is 0.600. The second-order valence-corrected chi connectivity index (χ2v) is 3.42. The lowest BCUT2D eigenvalue weighted by atomic mass is 10.1. The van der Waals surface area contributed by atoms with Gasteiger partial charge < -0.3 is 21.5 Å². The Labute approximate surface area is 95.4 Å². The number of guanidine groups is 1. The van der Waals surface area contributed by atoms with Crippen molar-refractivity contribution in [3.05, 3.63) is 12.7 Å². The summed E-state index contributed by atoms with van der Waals surface area (Å²) in [5.41, 5.74) is 5.10. The molecule has 6 nitrogen and oxygen atoms in total. The fourth-order valence-electron chi connectivity index (χ4n) is 1.23. The molecule has 92 valence electrons. The van der Waals surface area contributed by atoms with Gasteiger partial charge in [0, 0.05) is 13.1 Å². The van der Waals surface area contributed by atoms with E-state index in [2.05, 4.69) is 17.2 Å². The zero-order chi connectivity index (χ0) is 12.4. The van der Waals surface area contributed by atoms with E-state index < -0.39 is 12.0 Å². The van der Waals surface area contributed by atoms with Gasteiger partial charge in [0.1, 0.15) is 6.04 Å². The van der Waals surface area contributed by atoms with Gasteiger partial charge in [0.15, 0.2) is 5.96 Å². The summed E-state index contributed by atoms with van der Waals surface area (Å²) in [6.45, 7) is 4.61. The van der Waals surface area contributed by atoms with Gasteiger partial charge in [-0.2, -0.15) is 0 Å². The van der Waals surface area contributed by atoms with E-state index in [0.29, 0.717) is 19.5 Å². The highest BCUT2D eigenvalue weighted by molar-refractivity contribution is 5.74. The Morgan fingerprint density at radius 1 is 1.56 bits per heavy atom. The van der Waals surface area contributed by atoms with Gasteiger partial charge in [-0.05, 0) is 19.3 Å². The first-order valence-electron chi connectivity index (χ1n) is 5.23. The number of unbranched alkanes of at least 4 members (excludes halogenated alkanes) is 1. The van der Waals surface area contributed by atoms with Crippen molar-refractivity contribution in [3.63, 3.8) is 0 Å². The molecule has 0 bridgehead atoms. The summed E-state index contributed by atoms with van der Waals surface area (Å²) in [5.74, 6) is -0.902. The van der Waals surface area contributed by atoms with Crippen LogP contribution in [0.15, 0.2) is 12.7 Å². The van der Waals surface area contributed by atoms with Crippen LogP contribution < -0.4 is 16.4 Å². The molecule has 0 spiro atoms. The summed E-state index contributed by atoms with van der Waals surface area (Å²) in [6.07, 6.45) is 3.75. The van der Waals surface area contributed by atoms with E-state index in [4.69, 9.17) is 16.2 Å². The summed E-state index contributed by atoms with van der Waals surface area (Å²) in [5, 5.41) is 21.3. The van der Waals surface area contributed by atoms with Gasteiger partial charge in [0.2, 0.25) is 0 Å². The van der Waals surface area contributed by atoms with Crippen molar-refractivity contribution >= 4 is 11.9 Å². The van der Waals surface area contributed by atoms with Gasteiger partial charge in [-0.3, -0.25) is 10.2 Å². The quantitative estimate of drug-likeness (QED) is 0.163. The first-order chi connectivity index (χ1) is 7.57. The Bertz CT molecular complexity index is 243. The topological polar surface area (TPSA) is 111 Å². The van der Waals surface area contributed by atoms with E-state index >= 15 is 0 Å². The lowest BCUT2D eigenvalue weighted by molar-refractivity contribution is -0.139. The standard InChI is InChI=1S/C10H20N4O2/c1-2-6-13-8(9(15)16)5-3-4-7-14-10(11)12/h2,8,13H,1,3-7H2,(H,15,16)(H4,11,12,14). The highest BCUT2D eigenvalue weighted by atomic mass is 16.4. The maximum atomic E-state index is 10.8. The molecule has 1 unspecified atom stereocenters. The molecule has 0 amide bonds. The molecule has 0 fully saturated rings. The van der Waals surface area contributed by atoms with Crippen LogP contribution in [0.25, 0.3) is 0 Å². The molecule has 0 aromatic carbocycles. The average molecular weight is 228 g/mol. The highest BCUT2D eigenvalue weighted by Gasteiger charge is 2.14. The van der Waals surface area contributed by atoms with Gasteiger partial charge in [-0.15, -0.1) is 6.58 Å². The maximum Gasteiger partial charge on any atom is 0.320 e. The van der Waals surface area contributed by atoms with Crippen LogP contribution in [0.2, 0.25) is 0 Å². The minimum atomic E-state index is -0.846. The van der Waals surface area contributed by atoms with E-state index in [1.54, 1.807) is 6.08 Å². The number of nitrogens with two attached hydrogens (primary N) is 1. The summed E-state index contributed by atoms with van der Waals surface area (Å²) in [4.78, 5) is 10.8. The molecule has 0 aliphatic carbocycles. The molecule has 0 aromatic heterocycles. The predicted octanol–water partition coefficient (Wildman–Crippen LogP) is -0.131. The van der Waals surface area contributed by atoms with Gasteiger partial charge in [-0.25, -0.2) is 0 Å². The lowest BCUT2D eigenvalue weighted by Crippen LogP contribution is -2.37. The third-order valence-corrected chi connectivity index (χ3v) is 2.04. The number of hydrogen-bond donors (Lipinski definition) is 5. The fourth-order valence-corrected chi connectivity index (χ4v) is 1.23. The first kappa shape index (κ1) is 14.4. The average Bonchev–Trinajstić information content (AvgIpc) is 2.21. The Kier molecular flexibility index (Phi) is 7.87. The van der Waals surface area contributed by atoms with Crippen LogP contribution in [-0.2, 0) is 4.79 Å². The molecular weight excluding hydrogens is 208 g/mol. The van der Waals surface area contributed by atoms with E-state index in [1.165, 1.54) is 0 Å². The minimum Gasteiger partial charge on any atom is -0.480 e. The predicted molar refractivity (Wildman–Crippen MR) is 63.4 cm³/mol. The second kappa shape index (κ2) is 8.72. The van der Waals surface area contributed by atoms with E-state index in [9.17, 15) is 4.79 Å². The molecule has 0 heterocycles. The number of carbonyl (C=O) groups is 1. The summed E-state index contributed by atoms with van der Waals surface area (Å²) in [6, 6.07) is -0.532. The molecule has 0 aromatic rings. The Hall–Kier alpha value is -1.56. The highest BCUT2D eigenvalue weighted by Crippen LogP contribution is 2.00. The van der Waals surface area contributed by atoms with Crippen LogP contribution in [0.5, 0.6) is 0 Å². The Morgan fingerprint density at radius 3 is 2.75 bits per heavy atom. The Balaban J connectivity index is 3.63. The van der Waals surface area contributed by atoms with Crippen molar-refractivity contribution in [2.45, 2.75) is 25.3 Å². The number of carboxylic acid groups (broad SMARTS) is 1. The molecule has 0 saturated heterocycles. The van der Waals surface area contributed by atoms with E-state index in [0.717, 1.165) is 12.8 Å². The van der Waals surface area contributed by atoms with Gasteiger partial charge in [0.25, 0.3) is 0 Å². The lowest BCUT2D eigenvalue weighted by Gasteiger charge is -2.12. The molecule has 6 N–H and O–H groups in total. The van der Waals surface area contributed by atoms with Crippen LogP contribution in [0.3, 0.4) is 0 Å². The minimum absolute atomic E-state index is 0.0560. The first-order valence-corrected chi connectivity index (χ1v) is 5.23. The summed E-state index contributed by atoms with van der Waals surface area (Å²) >= 11 is 0. The van der Waals surface area contributed by atoms with Crippen LogP contribution in [0.1, 0.15) is 19.3 Å². The van der Waals surface area contributed by atoms with Crippen molar-refractivity contribution in [1.82, 2.24) is 10.6 Å². The number of carboxylic acids is 1. The smallest absolute Gasteiger partial charge is 0.320 e. The van der Waals surface area contributed by atoms with Gasteiger partial charge >= 0.3 is 5.97 Å². The third kappa shape index (κ3) is 7.81. The Morgan fingerprint density at radius 2 is 2.25 bits per heavy atom. The number of hydrogen-bond acceptors (Lipinski definition) is 3. The van der Waals surface area contributed by atoms with Crippen LogP contribution >= 0.6 is 0 Å². The van der Waals surface area contributed by atoms with Crippen molar-refractivity contribution in [1.29, 1.82) is 5.41 Å². The zero-order valence-electron chi connectivity index (χ0n) is 9.33. The molecule has 16 heavy (non-hydrogen) atoms. The zero-order valence-corrected chi connectivity index (χ0v) is 9.33. The van der Waals surface area contributed by atoms with Crippen molar-refractivity contribution in [2.24, 2.45) is 5.73 Å². The second-order valence-electron chi connectivity index (χ2n) is 3.42. The number of rotatable bonds is 9. The summed E-state index contributed by atoms with van der Waals surface area (Å²) < 4.78 is 0. The molecule has 0 radical (unpaired) electrons. The van der Waals surface area contributed by atoms with Gasteiger partial charge in [0.05, 0.1) is 0 Å². The molecule has 0 rings (SSSR count). The molecule has 6 heteroatoms. The monoisotopic (exact) mass is 228 g/mol. The largest absolute Gasteiger partial charge is 0.480 e. The van der Waals surface area contributed by atoms with Crippen LogP contribution in [0.4, 0.5) is 0 Å². The van der Waals surface area contributed by atoms with E-state index in [-0.39, 0.29) is 5.96 Å². The van der Waals surface area contributed by atoms with Gasteiger partial charge in [-0.1, -0.05) is 6.08 Å².